The summed E-state index contributed by atoms with van der Waals surface area (Å²) in [6.45, 7) is 0. The molecule has 0 spiro atoms. The summed E-state index contributed by atoms with van der Waals surface area (Å²) in [7, 11) is -3.77. The number of nitrogens with zero attached hydrogens (tertiary/aromatic N) is 2. The molecule has 0 radical (unpaired) electrons. The van der Waals surface area contributed by atoms with Gasteiger partial charge in [0.05, 0.1) is 15.8 Å². The van der Waals surface area contributed by atoms with Crippen molar-refractivity contribution in [3.8, 4) is 0 Å². The number of ketones is 1. The van der Waals surface area contributed by atoms with Gasteiger partial charge in [-0.1, -0.05) is 11.8 Å². The quantitative estimate of drug-likeness (QED) is 0.489. The van der Waals surface area contributed by atoms with Crippen molar-refractivity contribution in [3.05, 3.63) is 71.5 Å². The van der Waals surface area contributed by atoms with E-state index in [0.29, 0.717) is 16.4 Å². The van der Waals surface area contributed by atoms with Crippen molar-refractivity contribution in [2.75, 3.05) is 4.72 Å². The van der Waals surface area contributed by atoms with Gasteiger partial charge in [0.15, 0.2) is 16.1 Å². The Kier molecular flexibility index (Phi) is 6.35. The molecule has 2 heterocycles. The first-order valence-electron chi connectivity index (χ1n) is 9.17. The van der Waals surface area contributed by atoms with Crippen LogP contribution in [0.1, 0.15) is 16.8 Å². The molecule has 4 rings (SSSR count). The minimum Gasteiger partial charge on any atom is -0.304 e. The van der Waals surface area contributed by atoms with Crippen LogP contribution >= 0.6 is 23.1 Å². The van der Waals surface area contributed by atoms with Crippen LogP contribution in [0.2, 0.25) is 0 Å². The number of carbonyl (C=O) groups is 2. The molecule has 8 nitrogen and oxygen atoms in total. The fourth-order valence-electron chi connectivity index (χ4n) is 2.78. The molecule has 1 aromatic heterocycles. The summed E-state index contributed by atoms with van der Waals surface area (Å²) in [5.74, 6) is -1.07. The minimum atomic E-state index is -3.77. The average Bonchev–Trinajstić information content (AvgIpc) is 3.38. The molecule has 1 fully saturated rings. The number of hydrogen-bond donors (Lipinski definition) is 2. The number of thiazole rings is 1. The molecule has 0 bridgehead atoms. The summed E-state index contributed by atoms with van der Waals surface area (Å²) < 4.78 is 40.2. The molecule has 2 N–H and O–H groups in total. The molecule has 164 valence electrons. The summed E-state index contributed by atoms with van der Waals surface area (Å²) in [5, 5.41) is 4.19. The van der Waals surface area contributed by atoms with Crippen LogP contribution in [0.4, 0.5) is 15.2 Å². The zero-order valence-electron chi connectivity index (χ0n) is 16.2. The van der Waals surface area contributed by atoms with Gasteiger partial charge in [-0.2, -0.15) is 0 Å². The number of benzene rings is 2. The van der Waals surface area contributed by atoms with Crippen LogP contribution in [0.3, 0.4) is 0 Å². The molecule has 12 heteroatoms. The Balaban J connectivity index is 1.41. The number of Topliss-reactive ketones (excluding diaryl/α,β-unsaturated/α-hetero) is 1. The molecule has 1 saturated heterocycles. The first kappa shape index (κ1) is 22.1. The Morgan fingerprint density at radius 1 is 1.16 bits per heavy atom. The Morgan fingerprint density at radius 3 is 2.53 bits per heavy atom. The molecule has 1 aliphatic rings. The first-order chi connectivity index (χ1) is 15.3. The largest absolute Gasteiger partial charge is 0.304 e. The van der Waals surface area contributed by atoms with Gasteiger partial charge in [-0.25, -0.2) is 22.8 Å². The van der Waals surface area contributed by atoms with Gasteiger partial charge in [-0.05, 0) is 48.5 Å². The van der Waals surface area contributed by atoms with Crippen LogP contribution in [0.15, 0.2) is 70.0 Å². The van der Waals surface area contributed by atoms with E-state index in [2.05, 4.69) is 20.0 Å². The highest BCUT2D eigenvalue weighted by molar-refractivity contribution is 8.15. The van der Waals surface area contributed by atoms with E-state index in [0.717, 1.165) is 11.8 Å². The lowest BCUT2D eigenvalue weighted by Crippen LogP contribution is -2.26. The number of carbonyl (C=O) groups excluding carboxylic acids is 2. The molecule has 0 saturated carbocycles. The lowest BCUT2D eigenvalue weighted by Gasteiger charge is -2.05. The molecular weight excluding hydrogens is 475 g/mol. The normalized spacial score (nSPS) is 17.3. The van der Waals surface area contributed by atoms with E-state index in [1.807, 2.05) is 0 Å². The second-order valence-electron chi connectivity index (χ2n) is 6.58. The highest BCUT2D eigenvalue weighted by atomic mass is 32.2. The first-order valence-corrected chi connectivity index (χ1v) is 12.4. The third-order valence-electron chi connectivity index (χ3n) is 4.35. The van der Waals surface area contributed by atoms with Crippen molar-refractivity contribution < 1.29 is 22.4 Å². The second-order valence-corrected chi connectivity index (χ2v) is 10.4. The molecule has 0 aliphatic carbocycles. The Bertz CT molecular complexity index is 1280. The number of halogens is 1. The molecule has 2 aromatic carbocycles. The van der Waals surface area contributed by atoms with Crippen LogP contribution in [0, 0.1) is 5.82 Å². The zero-order chi connectivity index (χ0) is 22.7. The predicted molar refractivity (Wildman–Crippen MR) is 121 cm³/mol. The summed E-state index contributed by atoms with van der Waals surface area (Å²) in [6.07, 6.45) is 1.44. The van der Waals surface area contributed by atoms with Crippen LogP contribution in [-0.2, 0) is 14.8 Å². The maximum absolute atomic E-state index is 13.0. The minimum absolute atomic E-state index is 0.0440. The number of aliphatic imine (C=N–C) groups is 1. The number of nitrogens with one attached hydrogen (secondary N) is 2. The van der Waals surface area contributed by atoms with E-state index < -0.39 is 21.1 Å². The molecule has 1 aliphatic heterocycles. The molecule has 3 aromatic rings. The smallest absolute Gasteiger partial charge is 0.263 e. The van der Waals surface area contributed by atoms with Crippen molar-refractivity contribution >= 4 is 60.8 Å². The van der Waals surface area contributed by atoms with E-state index in [9.17, 15) is 22.4 Å². The second kappa shape index (κ2) is 9.18. The SMILES string of the molecule is O=C(CC1SC(=Nc2ccc(S(=O)(=O)Nc3nccs3)cc2)NC1=O)c1ccc(F)cc1. The number of thioether (sulfide) groups is 1. The Hall–Kier alpha value is -3.09. The average molecular weight is 491 g/mol. The monoisotopic (exact) mass is 490 g/mol. The molecule has 32 heavy (non-hydrogen) atoms. The maximum Gasteiger partial charge on any atom is 0.263 e. The third kappa shape index (κ3) is 5.21. The Labute approximate surface area is 191 Å². The van der Waals surface area contributed by atoms with Crippen molar-refractivity contribution in [1.82, 2.24) is 10.3 Å². The van der Waals surface area contributed by atoms with Crippen molar-refractivity contribution in [2.45, 2.75) is 16.6 Å². The van der Waals surface area contributed by atoms with Gasteiger partial charge < -0.3 is 5.32 Å². The van der Waals surface area contributed by atoms with Crippen LogP contribution < -0.4 is 10.0 Å². The highest BCUT2D eigenvalue weighted by Crippen LogP contribution is 2.27. The van der Waals surface area contributed by atoms with E-state index in [1.165, 1.54) is 66.1 Å². The number of amidine groups is 1. The van der Waals surface area contributed by atoms with Gasteiger partial charge in [0.25, 0.3) is 10.0 Å². The molecule has 1 amide bonds. The maximum atomic E-state index is 13.0. The van der Waals surface area contributed by atoms with Crippen LogP contribution in [0.5, 0.6) is 0 Å². The van der Waals surface area contributed by atoms with E-state index in [4.69, 9.17) is 0 Å². The van der Waals surface area contributed by atoms with E-state index >= 15 is 0 Å². The van der Waals surface area contributed by atoms with Crippen molar-refractivity contribution in [1.29, 1.82) is 0 Å². The molecular formula is C20H15FN4O4S3. The standard InChI is InChI=1S/C20H15FN4O4S3/c21-13-3-1-12(2-4-13)16(26)11-17-18(27)24-20(31-17)23-14-5-7-15(8-6-14)32(28,29)25-19-22-9-10-30-19/h1-10,17H,11H2,(H,22,25)(H,23,24,27). The van der Waals surface area contributed by atoms with E-state index in [1.54, 1.807) is 5.38 Å². The number of rotatable bonds is 7. The summed E-state index contributed by atoms with van der Waals surface area (Å²) in [6, 6.07) is 10.9. The van der Waals surface area contributed by atoms with E-state index in [-0.39, 0.29) is 28.1 Å². The zero-order valence-corrected chi connectivity index (χ0v) is 18.6. The van der Waals surface area contributed by atoms with Gasteiger partial charge in [0.2, 0.25) is 5.91 Å². The van der Waals surface area contributed by atoms with Gasteiger partial charge in [-0.15, -0.1) is 11.3 Å². The fourth-order valence-corrected chi connectivity index (χ4v) is 5.56. The third-order valence-corrected chi connectivity index (χ3v) is 7.60. The van der Waals surface area contributed by atoms with Gasteiger partial charge in [0, 0.05) is 23.6 Å². The van der Waals surface area contributed by atoms with Gasteiger partial charge >= 0.3 is 0 Å². The number of hydrogen-bond acceptors (Lipinski definition) is 8. The van der Waals surface area contributed by atoms with Gasteiger partial charge in [-0.3, -0.25) is 14.3 Å². The number of anilines is 1. The predicted octanol–water partition coefficient (Wildman–Crippen LogP) is 3.58. The lowest BCUT2D eigenvalue weighted by molar-refractivity contribution is -0.118. The lowest BCUT2D eigenvalue weighted by atomic mass is 10.1. The van der Waals surface area contributed by atoms with Crippen LogP contribution in [0.25, 0.3) is 0 Å². The van der Waals surface area contributed by atoms with Gasteiger partial charge in [0.1, 0.15) is 5.82 Å². The number of amides is 1. The summed E-state index contributed by atoms with van der Waals surface area (Å²) in [5.41, 5.74) is 0.764. The molecule has 1 unspecified atom stereocenters. The van der Waals surface area contributed by atoms with Crippen molar-refractivity contribution in [2.24, 2.45) is 4.99 Å². The fraction of sp³-hybridized carbons (Fsp3) is 0.100. The Morgan fingerprint density at radius 2 is 1.88 bits per heavy atom. The van der Waals surface area contributed by atoms with Crippen molar-refractivity contribution in [3.63, 3.8) is 0 Å². The number of sulfonamides is 1. The summed E-state index contributed by atoms with van der Waals surface area (Å²) in [4.78, 5) is 32.8. The highest BCUT2D eigenvalue weighted by Gasteiger charge is 2.32. The summed E-state index contributed by atoms with van der Waals surface area (Å²) >= 11 is 2.27. The van der Waals surface area contributed by atoms with Crippen LogP contribution in [-0.4, -0.2) is 35.5 Å². The number of aromatic nitrogens is 1. The molecule has 1 atom stereocenters. The topological polar surface area (TPSA) is 118 Å².